The molecule has 0 aromatic heterocycles. The van der Waals surface area contributed by atoms with Crippen molar-refractivity contribution in [2.75, 3.05) is 0 Å². The minimum Gasteiger partial charge on any atom is -0.423 e. The lowest BCUT2D eigenvalue weighted by Gasteiger charge is -2.30. The van der Waals surface area contributed by atoms with Crippen LogP contribution in [-0.2, 0) is 14.3 Å². The van der Waals surface area contributed by atoms with E-state index in [1.165, 1.54) is 0 Å². The van der Waals surface area contributed by atoms with Gasteiger partial charge in [-0.2, -0.15) is 0 Å². The number of aldehydes is 1. The minimum atomic E-state index is -2.86. The molecule has 88 valence electrons. The maximum Gasteiger partial charge on any atom is 0.305 e. The Labute approximate surface area is 85.9 Å². The molecule has 0 radical (unpaired) electrons. The second kappa shape index (κ2) is 5.17. The molecule has 0 aromatic carbocycles. The molecule has 4 atom stereocenters. The van der Waals surface area contributed by atoms with Crippen molar-refractivity contribution in [3.05, 3.63) is 0 Å². The number of hydrogen-bond donors (Lipinski definition) is 4. The quantitative estimate of drug-likeness (QED) is 0.231. The summed E-state index contributed by atoms with van der Waals surface area (Å²) in [5.74, 6) is -3.87. The molecule has 0 bridgehead atoms. The first-order chi connectivity index (χ1) is 6.74. The van der Waals surface area contributed by atoms with Gasteiger partial charge in [0, 0.05) is 6.92 Å². The van der Waals surface area contributed by atoms with Crippen LogP contribution in [0.25, 0.3) is 0 Å². The number of hydrogen-bond acceptors (Lipinski definition) is 7. The Kier molecular flexibility index (Phi) is 4.82. The number of ether oxygens (including phenoxy) is 1. The molecule has 0 heterocycles. The standard InChI is InChI=1S/C8H14O7/c1-4(10)6(12)7(13)8(14,3-9)15-5(2)11/h3-4,6-7,10,12-14H,1-2H3/t4-,6+,7+,8+/m0/s1. The Morgan fingerprint density at radius 3 is 2.13 bits per heavy atom. The van der Waals surface area contributed by atoms with Crippen molar-refractivity contribution in [3.8, 4) is 0 Å². The highest BCUT2D eigenvalue weighted by Gasteiger charge is 2.44. The molecule has 0 aliphatic heterocycles. The van der Waals surface area contributed by atoms with E-state index in [9.17, 15) is 19.8 Å². The molecule has 0 saturated heterocycles. The molecule has 0 saturated carbocycles. The lowest BCUT2D eigenvalue weighted by molar-refractivity contribution is -0.249. The molecule has 0 aliphatic carbocycles. The first-order valence-electron chi connectivity index (χ1n) is 4.17. The second-order valence-corrected chi connectivity index (χ2v) is 3.14. The zero-order valence-corrected chi connectivity index (χ0v) is 8.32. The topological polar surface area (TPSA) is 124 Å². The SMILES string of the molecule is CC(=O)O[C@](O)(C=O)[C@H](O)[C@H](O)[C@H](C)O. The number of aliphatic hydroxyl groups is 4. The Bertz CT molecular complexity index is 239. The Morgan fingerprint density at radius 2 is 1.87 bits per heavy atom. The van der Waals surface area contributed by atoms with Crippen LogP contribution in [0.4, 0.5) is 0 Å². The van der Waals surface area contributed by atoms with Gasteiger partial charge in [0.15, 0.2) is 12.4 Å². The largest absolute Gasteiger partial charge is 0.423 e. The molecule has 0 aromatic rings. The van der Waals surface area contributed by atoms with Gasteiger partial charge in [0.1, 0.15) is 6.10 Å². The number of carbonyl (C=O) groups excluding carboxylic acids is 2. The van der Waals surface area contributed by atoms with Crippen molar-refractivity contribution >= 4 is 12.3 Å². The Hall–Kier alpha value is -1.02. The third kappa shape index (κ3) is 3.56. The van der Waals surface area contributed by atoms with Crippen molar-refractivity contribution in [1.29, 1.82) is 0 Å². The fraction of sp³-hybridized carbons (Fsp3) is 0.750. The highest BCUT2D eigenvalue weighted by atomic mass is 16.7. The van der Waals surface area contributed by atoms with Gasteiger partial charge in [-0.15, -0.1) is 0 Å². The van der Waals surface area contributed by atoms with Gasteiger partial charge in [-0.1, -0.05) is 0 Å². The van der Waals surface area contributed by atoms with E-state index in [-0.39, 0.29) is 6.29 Å². The normalized spacial score (nSPS) is 20.9. The van der Waals surface area contributed by atoms with E-state index in [0.717, 1.165) is 13.8 Å². The fourth-order valence-electron chi connectivity index (χ4n) is 0.893. The van der Waals surface area contributed by atoms with Gasteiger partial charge in [0.25, 0.3) is 5.79 Å². The molecular formula is C8H14O7. The van der Waals surface area contributed by atoms with Crippen molar-refractivity contribution in [3.63, 3.8) is 0 Å². The lowest BCUT2D eigenvalue weighted by Crippen LogP contribution is -2.55. The van der Waals surface area contributed by atoms with Crippen molar-refractivity contribution in [2.45, 2.75) is 37.9 Å². The van der Waals surface area contributed by atoms with Gasteiger partial charge in [-0.25, -0.2) is 0 Å². The Morgan fingerprint density at radius 1 is 1.40 bits per heavy atom. The van der Waals surface area contributed by atoms with Gasteiger partial charge in [-0.05, 0) is 6.92 Å². The van der Waals surface area contributed by atoms with Crippen molar-refractivity contribution < 1.29 is 34.8 Å². The maximum atomic E-state index is 10.5. The third-order valence-electron chi connectivity index (χ3n) is 1.72. The monoisotopic (exact) mass is 222 g/mol. The summed E-state index contributed by atoms with van der Waals surface area (Å²) in [5.41, 5.74) is 0. The smallest absolute Gasteiger partial charge is 0.305 e. The third-order valence-corrected chi connectivity index (χ3v) is 1.72. The van der Waals surface area contributed by atoms with Crippen LogP contribution in [0.3, 0.4) is 0 Å². The van der Waals surface area contributed by atoms with E-state index in [4.69, 9.17) is 10.2 Å². The van der Waals surface area contributed by atoms with E-state index in [0.29, 0.717) is 0 Å². The number of carbonyl (C=O) groups is 2. The van der Waals surface area contributed by atoms with Crippen LogP contribution in [0.5, 0.6) is 0 Å². The van der Waals surface area contributed by atoms with Gasteiger partial charge in [-0.3, -0.25) is 9.59 Å². The van der Waals surface area contributed by atoms with Crippen LogP contribution in [0, 0.1) is 0 Å². The maximum absolute atomic E-state index is 10.5. The van der Waals surface area contributed by atoms with Crippen molar-refractivity contribution in [2.24, 2.45) is 0 Å². The summed E-state index contributed by atoms with van der Waals surface area (Å²) in [7, 11) is 0. The predicted octanol–water partition coefficient (Wildman–Crippen LogP) is -2.46. The second-order valence-electron chi connectivity index (χ2n) is 3.14. The molecule has 0 aliphatic rings. The molecule has 0 fully saturated rings. The summed E-state index contributed by atoms with van der Waals surface area (Å²) >= 11 is 0. The summed E-state index contributed by atoms with van der Waals surface area (Å²) < 4.78 is 4.15. The predicted molar refractivity (Wildman–Crippen MR) is 46.5 cm³/mol. The zero-order chi connectivity index (χ0) is 12.2. The Balaban J connectivity index is 4.78. The van der Waals surface area contributed by atoms with Crippen LogP contribution in [0.15, 0.2) is 0 Å². The number of rotatable bonds is 5. The first kappa shape index (κ1) is 14.0. The minimum absolute atomic E-state index is 0.231. The zero-order valence-electron chi connectivity index (χ0n) is 8.32. The highest BCUT2D eigenvalue weighted by Crippen LogP contribution is 2.16. The first-order valence-corrected chi connectivity index (χ1v) is 4.17. The van der Waals surface area contributed by atoms with E-state index in [2.05, 4.69) is 4.74 Å². The van der Waals surface area contributed by atoms with Crippen LogP contribution in [0.1, 0.15) is 13.8 Å². The van der Waals surface area contributed by atoms with E-state index >= 15 is 0 Å². The molecule has 7 heteroatoms. The molecule has 0 spiro atoms. The number of aliphatic hydroxyl groups excluding tert-OH is 3. The molecule has 0 unspecified atom stereocenters. The average Bonchev–Trinajstić information content (AvgIpc) is 2.14. The summed E-state index contributed by atoms with van der Waals surface area (Å²) in [4.78, 5) is 21.0. The molecule has 4 N–H and O–H groups in total. The highest BCUT2D eigenvalue weighted by molar-refractivity contribution is 5.72. The van der Waals surface area contributed by atoms with Gasteiger partial charge < -0.3 is 25.2 Å². The van der Waals surface area contributed by atoms with E-state index < -0.39 is 30.1 Å². The number of esters is 1. The summed E-state index contributed by atoms with van der Waals surface area (Å²) in [6.45, 7) is 2.04. The van der Waals surface area contributed by atoms with Gasteiger partial charge in [0.05, 0.1) is 6.10 Å². The molecular weight excluding hydrogens is 208 g/mol. The molecule has 15 heavy (non-hydrogen) atoms. The average molecular weight is 222 g/mol. The van der Waals surface area contributed by atoms with E-state index in [1.807, 2.05) is 0 Å². The fourth-order valence-corrected chi connectivity index (χ4v) is 0.893. The van der Waals surface area contributed by atoms with Gasteiger partial charge >= 0.3 is 5.97 Å². The molecule has 0 rings (SSSR count). The lowest BCUT2D eigenvalue weighted by atomic mass is 10.0. The van der Waals surface area contributed by atoms with Crippen molar-refractivity contribution in [1.82, 2.24) is 0 Å². The molecule has 0 amide bonds. The summed E-state index contributed by atoms with van der Waals surface area (Å²) in [6, 6.07) is 0. The van der Waals surface area contributed by atoms with E-state index in [1.54, 1.807) is 0 Å². The molecule has 7 nitrogen and oxygen atoms in total. The summed E-state index contributed by atoms with van der Waals surface area (Å²) in [5, 5.41) is 36.7. The summed E-state index contributed by atoms with van der Waals surface area (Å²) in [6.07, 6.45) is -5.58. The van der Waals surface area contributed by atoms with Crippen LogP contribution in [0.2, 0.25) is 0 Å². The van der Waals surface area contributed by atoms with Gasteiger partial charge in [0.2, 0.25) is 0 Å². The van der Waals surface area contributed by atoms with Crippen LogP contribution in [-0.4, -0.2) is 56.8 Å². The van der Waals surface area contributed by atoms with Crippen LogP contribution < -0.4 is 0 Å². The van der Waals surface area contributed by atoms with Crippen LogP contribution >= 0.6 is 0 Å².